The number of nitrogens with one attached hydrogen (secondary N) is 1. The summed E-state index contributed by atoms with van der Waals surface area (Å²) in [6.07, 6.45) is 6.88. The second-order valence-corrected chi connectivity index (χ2v) is 9.72. The Bertz CT molecular complexity index is 1510. The van der Waals surface area contributed by atoms with Gasteiger partial charge in [-0.25, -0.2) is 14.6 Å². The lowest BCUT2D eigenvalue weighted by Gasteiger charge is -2.10. The average molecular weight is 539 g/mol. The van der Waals surface area contributed by atoms with Crippen molar-refractivity contribution in [3.8, 4) is 28.7 Å². The SMILES string of the molecule is COCC(=O)Nc1nc(-c2cccc(C#N)c2)cc(-c2cn(Cc3cccc(COCC4CCCC4)n3)nn2)n1. The summed E-state index contributed by atoms with van der Waals surface area (Å²) >= 11 is 0. The highest BCUT2D eigenvalue weighted by Crippen LogP contribution is 2.26. The molecule has 11 heteroatoms. The van der Waals surface area contributed by atoms with Gasteiger partial charge < -0.3 is 9.47 Å². The molecule has 1 aliphatic rings. The number of nitrogens with zero attached hydrogens (tertiary/aromatic N) is 7. The zero-order valence-electron chi connectivity index (χ0n) is 22.3. The highest BCUT2D eigenvalue weighted by atomic mass is 16.5. The normalized spacial score (nSPS) is 13.3. The van der Waals surface area contributed by atoms with Crippen LogP contribution < -0.4 is 5.32 Å². The first-order valence-corrected chi connectivity index (χ1v) is 13.2. The van der Waals surface area contributed by atoms with E-state index in [-0.39, 0.29) is 12.6 Å². The molecule has 1 fully saturated rings. The first-order chi connectivity index (χ1) is 19.6. The minimum Gasteiger partial charge on any atom is -0.375 e. The number of anilines is 1. The van der Waals surface area contributed by atoms with Crippen LogP contribution in [0.2, 0.25) is 0 Å². The zero-order chi connectivity index (χ0) is 27.7. The first-order valence-electron chi connectivity index (χ1n) is 13.2. The molecule has 0 aliphatic heterocycles. The molecule has 3 aromatic heterocycles. The summed E-state index contributed by atoms with van der Waals surface area (Å²) in [5.74, 6) is 0.375. The number of carbonyl (C=O) groups is 1. The van der Waals surface area contributed by atoms with Gasteiger partial charge >= 0.3 is 0 Å². The number of benzene rings is 1. The Kier molecular flexibility index (Phi) is 8.80. The first kappa shape index (κ1) is 27.1. The predicted octanol–water partition coefficient (Wildman–Crippen LogP) is 4.01. The molecule has 5 rings (SSSR count). The van der Waals surface area contributed by atoms with Gasteiger partial charge in [0.15, 0.2) is 0 Å². The number of nitriles is 1. The molecule has 1 aliphatic carbocycles. The third-order valence-electron chi connectivity index (χ3n) is 6.61. The molecule has 0 saturated heterocycles. The van der Waals surface area contributed by atoms with E-state index in [1.54, 1.807) is 35.1 Å². The number of hydrogen-bond acceptors (Lipinski definition) is 9. The number of aromatic nitrogens is 6. The van der Waals surface area contributed by atoms with Crippen molar-refractivity contribution in [3.63, 3.8) is 0 Å². The van der Waals surface area contributed by atoms with Gasteiger partial charge in [-0.05, 0) is 49.1 Å². The molecule has 204 valence electrons. The minimum atomic E-state index is -0.391. The van der Waals surface area contributed by atoms with Gasteiger partial charge in [-0.3, -0.25) is 15.1 Å². The number of pyridine rings is 1. The largest absolute Gasteiger partial charge is 0.375 e. The Labute approximate surface area is 232 Å². The van der Waals surface area contributed by atoms with Crippen molar-refractivity contribution >= 4 is 11.9 Å². The van der Waals surface area contributed by atoms with Crippen molar-refractivity contribution < 1.29 is 14.3 Å². The summed E-state index contributed by atoms with van der Waals surface area (Å²) in [6.45, 7) is 1.55. The maximum atomic E-state index is 12.2. The van der Waals surface area contributed by atoms with Crippen molar-refractivity contribution in [2.45, 2.75) is 38.8 Å². The van der Waals surface area contributed by atoms with Crippen LogP contribution in [0.15, 0.2) is 54.7 Å². The molecule has 11 nitrogen and oxygen atoms in total. The lowest BCUT2D eigenvalue weighted by molar-refractivity contribution is -0.119. The molecule has 1 aromatic carbocycles. The molecule has 4 aromatic rings. The van der Waals surface area contributed by atoms with Gasteiger partial charge in [0.2, 0.25) is 5.95 Å². The summed E-state index contributed by atoms with van der Waals surface area (Å²) in [6, 6.07) is 16.8. The molecule has 3 heterocycles. The third kappa shape index (κ3) is 7.11. The van der Waals surface area contributed by atoms with E-state index >= 15 is 0 Å². The Morgan fingerprint density at radius 3 is 2.67 bits per heavy atom. The summed E-state index contributed by atoms with van der Waals surface area (Å²) < 4.78 is 12.5. The molecule has 0 spiro atoms. The fraction of sp³-hybridized carbons (Fsp3) is 0.345. The number of hydrogen-bond donors (Lipinski definition) is 1. The Morgan fingerprint density at radius 2 is 1.85 bits per heavy atom. The molecule has 1 N–H and O–H groups in total. The Hall–Kier alpha value is -4.53. The topological polar surface area (TPSA) is 141 Å². The third-order valence-corrected chi connectivity index (χ3v) is 6.61. The summed E-state index contributed by atoms with van der Waals surface area (Å²) in [7, 11) is 1.43. The molecular weight excluding hydrogens is 508 g/mol. The monoisotopic (exact) mass is 538 g/mol. The van der Waals surface area contributed by atoms with Gasteiger partial charge in [0.05, 0.1) is 53.8 Å². The van der Waals surface area contributed by atoms with Crippen LogP contribution in [0.3, 0.4) is 0 Å². The van der Waals surface area contributed by atoms with Crippen LogP contribution in [0.25, 0.3) is 22.6 Å². The van der Waals surface area contributed by atoms with Crippen LogP contribution in [-0.2, 0) is 27.4 Å². The second kappa shape index (κ2) is 13.0. The molecular formula is C29H30N8O3. The quantitative estimate of drug-likeness (QED) is 0.300. The van der Waals surface area contributed by atoms with Crippen LogP contribution in [0, 0.1) is 17.2 Å². The van der Waals surface area contributed by atoms with Crippen LogP contribution in [0.1, 0.15) is 42.6 Å². The average Bonchev–Trinajstić information content (AvgIpc) is 3.66. The summed E-state index contributed by atoms with van der Waals surface area (Å²) in [4.78, 5) is 25.9. The fourth-order valence-corrected chi connectivity index (χ4v) is 4.69. The molecule has 1 amide bonds. The number of ether oxygens (including phenoxy) is 2. The van der Waals surface area contributed by atoms with Crippen LogP contribution in [0.5, 0.6) is 0 Å². The van der Waals surface area contributed by atoms with Gasteiger partial charge in [0.25, 0.3) is 5.91 Å². The smallest absolute Gasteiger partial charge is 0.252 e. The van der Waals surface area contributed by atoms with E-state index in [9.17, 15) is 10.1 Å². The second-order valence-electron chi connectivity index (χ2n) is 9.72. The van der Waals surface area contributed by atoms with E-state index in [0.717, 1.165) is 18.0 Å². The van der Waals surface area contributed by atoms with E-state index in [4.69, 9.17) is 14.5 Å². The van der Waals surface area contributed by atoms with Gasteiger partial charge in [-0.15, -0.1) is 5.10 Å². The van der Waals surface area contributed by atoms with Crippen molar-refractivity contribution in [2.24, 2.45) is 5.92 Å². The lowest BCUT2D eigenvalue weighted by Crippen LogP contribution is -2.19. The molecule has 0 atom stereocenters. The van der Waals surface area contributed by atoms with Crippen LogP contribution in [0.4, 0.5) is 5.95 Å². The van der Waals surface area contributed by atoms with E-state index in [1.165, 1.54) is 32.8 Å². The Morgan fingerprint density at radius 1 is 1.05 bits per heavy atom. The molecule has 0 radical (unpaired) electrons. The standard InChI is InChI=1S/C29H30N8O3/c1-39-19-28(38)34-29-32-25(22-9-4-8-21(12-22)14-30)13-26(33-29)27-16-37(36-35-27)15-23-10-5-11-24(31-23)18-40-17-20-6-2-3-7-20/h4-5,8-13,16,20H,2-3,6-7,15,17-19H2,1H3,(H,32,33,34,38). The number of amides is 1. The van der Waals surface area contributed by atoms with Crippen molar-refractivity contribution in [1.82, 2.24) is 29.9 Å². The zero-order valence-corrected chi connectivity index (χ0v) is 22.3. The van der Waals surface area contributed by atoms with Gasteiger partial charge in [0.1, 0.15) is 12.3 Å². The maximum absolute atomic E-state index is 12.2. The summed E-state index contributed by atoms with van der Waals surface area (Å²) in [5.41, 5.74) is 4.40. The van der Waals surface area contributed by atoms with E-state index in [2.05, 4.69) is 31.7 Å². The van der Waals surface area contributed by atoms with Gasteiger partial charge in [0, 0.05) is 19.3 Å². The molecule has 40 heavy (non-hydrogen) atoms. The number of rotatable bonds is 11. The molecule has 1 saturated carbocycles. The van der Waals surface area contributed by atoms with E-state index in [1.807, 2.05) is 24.3 Å². The van der Waals surface area contributed by atoms with Crippen molar-refractivity contribution in [2.75, 3.05) is 25.6 Å². The number of methoxy groups -OCH3 is 1. The predicted molar refractivity (Wildman–Crippen MR) is 147 cm³/mol. The fourth-order valence-electron chi connectivity index (χ4n) is 4.69. The van der Waals surface area contributed by atoms with E-state index < -0.39 is 5.91 Å². The molecule has 0 unspecified atom stereocenters. The molecule has 0 bridgehead atoms. The van der Waals surface area contributed by atoms with Crippen LogP contribution in [-0.4, -0.2) is 56.2 Å². The number of carbonyl (C=O) groups excluding carboxylic acids is 1. The van der Waals surface area contributed by atoms with Gasteiger partial charge in [-0.1, -0.05) is 36.3 Å². The Balaban J connectivity index is 1.34. The summed E-state index contributed by atoms with van der Waals surface area (Å²) in [5, 5.41) is 20.5. The highest BCUT2D eigenvalue weighted by molar-refractivity contribution is 5.90. The highest BCUT2D eigenvalue weighted by Gasteiger charge is 2.16. The van der Waals surface area contributed by atoms with Crippen LogP contribution >= 0.6 is 0 Å². The van der Waals surface area contributed by atoms with E-state index in [0.29, 0.717) is 47.3 Å². The minimum absolute atomic E-state index is 0.0958. The lowest BCUT2D eigenvalue weighted by atomic mass is 10.1. The van der Waals surface area contributed by atoms with Gasteiger partial charge in [-0.2, -0.15) is 5.26 Å². The maximum Gasteiger partial charge on any atom is 0.252 e. The van der Waals surface area contributed by atoms with Crippen molar-refractivity contribution in [3.05, 3.63) is 71.7 Å². The van der Waals surface area contributed by atoms with Crippen molar-refractivity contribution in [1.29, 1.82) is 5.26 Å².